The molecule has 4 atom stereocenters. The van der Waals surface area contributed by atoms with Crippen LogP contribution in [0.3, 0.4) is 0 Å². The highest BCUT2D eigenvalue weighted by Gasteiger charge is 2.62. The maximum absolute atomic E-state index is 14.3. The molecule has 4 rings (SSSR count). The van der Waals surface area contributed by atoms with Crippen molar-refractivity contribution >= 4 is 78.6 Å². The van der Waals surface area contributed by atoms with E-state index in [4.69, 9.17) is 53.8 Å². The summed E-state index contributed by atoms with van der Waals surface area (Å²) in [5, 5.41) is 7.52. The second-order valence-electron chi connectivity index (χ2n) is 13.1. The predicted molar refractivity (Wildman–Crippen MR) is 208 cm³/mol. The van der Waals surface area contributed by atoms with E-state index in [9.17, 15) is 24.3 Å². The van der Waals surface area contributed by atoms with Gasteiger partial charge in [-0.1, -0.05) is 158 Å². The number of amides is 1. The van der Waals surface area contributed by atoms with Gasteiger partial charge in [0.2, 0.25) is 14.9 Å². The van der Waals surface area contributed by atoms with E-state index in [1.807, 2.05) is 91.0 Å². The number of ether oxygens (including phenoxy) is 4. The van der Waals surface area contributed by atoms with E-state index in [1.54, 1.807) is 26.6 Å². The molecule has 0 spiro atoms. The number of esters is 2. The first kappa shape index (κ1) is 42.2. The van der Waals surface area contributed by atoms with Crippen molar-refractivity contribution in [2.75, 3.05) is 26.4 Å². The van der Waals surface area contributed by atoms with Gasteiger partial charge in [-0.3, -0.25) is 9.59 Å². The maximum Gasteiger partial charge on any atom is 0.508 e. The smallest absolute Gasteiger partial charge is 0.459 e. The van der Waals surface area contributed by atoms with Gasteiger partial charge in [0.1, 0.15) is 27.1 Å². The number of alkyl halides is 3. The van der Waals surface area contributed by atoms with Crippen molar-refractivity contribution in [3.05, 3.63) is 120 Å². The number of carbonyl (C=O) groups is 4. The number of aliphatic hydroxyl groups excluding tert-OH is 1. The average Bonchev–Trinajstić information content (AvgIpc) is 3.13. The first-order valence-electron chi connectivity index (χ1n) is 16.7. The van der Waals surface area contributed by atoms with Crippen LogP contribution in [0.25, 0.3) is 0 Å². The van der Waals surface area contributed by atoms with Gasteiger partial charge in [0, 0.05) is 0 Å². The lowest BCUT2D eigenvalue weighted by atomic mass is 9.84. The van der Waals surface area contributed by atoms with Crippen LogP contribution >= 0.6 is 46.6 Å². The summed E-state index contributed by atoms with van der Waals surface area (Å²) in [7, 11) is -2.88. The number of benzene rings is 3. The van der Waals surface area contributed by atoms with Gasteiger partial charge in [0.05, 0.1) is 23.3 Å². The van der Waals surface area contributed by atoms with Crippen LogP contribution in [-0.2, 0) is 38.1 Å². The van der Waals surface area contributed by atoms with Gasteiger partial charge >= 0.3 is 18.1 Å². The fourth-order valence-electron chi connectivity index (χ4n) is 6.09. The third kappa shape index (κ3) is 9.07. The Kier molecular flexibility index (Phi) is 14.1. The molecule has 1 amide bonds. The Morgan fingerprint density at radius 2 is 1.40 bits per heavy atom. The molecule has 3 aromatic rings. The van der Waals surface area contributed by atoms with Crippen molar-refractivity contribution in [3.8, 4) is 0 Å². The highest BCUT2D eigenvalue weighted by molar-refractivity contribution is 8.01. The Morgan fingerprint density at radius 3 is 1.79 bits per heavy atom. The molecule has 0 radical (unpaired) electrons. The standard InChI is InChI=1S/C38H42Cl3NO9SSi/c1-6-23-49-34(46)36(25-43,53(3,4)5)51-29(44)24-42-32(45)30(31(38(39,40)41)50-35(47)48-7-2)33(42)52-37(26-17-11-8-12-18-26,27-19-13-9-14-20-27)28-21-15-10-16-22-28/h6,8-22,30-31,33,43H,1,7,23-25H2,2-5H3/t30-,31?,33+,36?/m0/s1. The van der Waals surface area contributed by atoms with Crippen molar-refractivity contribution in [1.82, 2.24) is 4.90 Å². The lowest BCUT2D eigenvalue weighted by Crippen LogP contribution is -2.69. The Labute approximate surface area is 329 Å². The van der Waals surface area contributed by atoms with Crippen molar-refractivity contribution in [1.29, 1.82) is 0 Å². The van der Waals surface area contributed by atoms with Crippen LogP contribution in [0, 0.1) is 5.92 Å². The van der Waals surface area contributed by atoms with Crippen molar-refractivity contribution < 1.29 is 43.2 Å². The summed E-state index contributed by atoms with van der Waals surface area (Å²) < 4.78 is 18.3. The Morgan fingerprint density at radius 1 is 0.906 bits per heavy atom. The first-order chi connectivity index (χ1) is 25.1. The normalized spacial score (nSPS) is 17.8. The van der Waals surface area contributed by atoms with E-state index in [2.05, 4.69) is 6.58 Å². The van der Waals surface area contributed by atoms with Crippen molar-refractivity contribution in [2.24, 2.45) is 5.92 Å². The zero-order valence-corrected chi connectivity index (χ0v) is 33.8. The molecule has 10 nitrogen and oxygen atoms in total. The Bertz CT molecular complexity index is 1650. The molecular formula is C38H42Cl3NO9SSi. The maximum atomic E-state index is 14.3. The number of halogens is 3. The molecule has 1 saturated heterocycles. The average molecular weight is 823 g/mol. The molecule has 1 fully saturated rings. The van der Waals surface area contributed by atoms with Gasteiger partial charge in [0.15, 0.2) is 6.10 Å². The first-order valence-corrected chi connectivity index (χ1v) is 22.2. The molecule has 0 aromatic heterocycles. The lowest BCUT2D eigenvalue weighted by Gasteiger charge is -2.53. The van der Waals surface area contributed by atoms with Crippen LogP contribution in [0.5, 0.6) is 0 Å². The number of hydrogen-bond donors (Lipinski definition) is 1. The topological polar surface area (TPSA) is 129 Å². The van der Waals surface area contributed by atoms with Crippen LogP contribution in [0.15, 0.2) is 104 Å². The molecule has 0 bridgehead atoms. The molecule has 1 aliphatic rings. The summed E-state index contributed by atoms with van der Waals surface area (Å²) in [6, 6.07) is 28.6. The summed E-state index contributed by atoms with van der Waals surface area (Å²) in [5.74, 6) is -3.92. The van der Waals surface area contributed by atoms with E-state index >= 15 is 0 Å². The molecule has 0 aliphatic carbocycles. The second kappa shape index (κ2) is 17.7. The van der Waals surface area contributed by atoms with Crippen LogP contribution < -0.4 is 0 Å². The van der Waals surface area contributed by atoms with E-state index < -0.39 is 76.4 Å². The van der Waals surface area contributed by atoms with Crippen LogP contribution in [0.1, 0.15) is 23.6 Å². The van der Waals surface area contributed by atoms with Crippen LogP contribution in [0.2, 0.25) is 19.6 Å². The van der Waals surface area contributed by atoms with Gasteiger partial charge < -0.3 is 29.0 Å². The quantitative estimate of drug-likeness (QED) is 0.0299. The monoisotopic (exact) mass is 821 g/mol. The van der Waals surface area contributed by atoms with Gasteiger partial charge in [0.25, 0.3) is 0 Å². The largest absolute Gasteiger partial charge is 0.508 e. The Balaban J connectivity index is 1.89. The third-order valence-corrected chi connectivity index (χ3v) is 14.2. The fourth-order valence-corrected chi connectivity index (χ4v) is 10.1. The fraction of sp³-hybridized carbons (Fsp3) is 0.368. The molecule has 15 heteroatoms. The summed E-state index contributed by atoms with van der Waals surface area (Å²) in [5.41, 5.74) is 2.47. The molecule has 0 saturated carbocycles. The van der Waals surface area contributed by atoms with Crippen LogP contribution in [-0.4, -0.2) is 88.9 Å². The number of likely N-dealkylation sites (tertiary alicyclic amines) is 1. The zero-order chi connectivity index (χ0) is 39.0. The Hall–Kier alpha value is -3.52. The molecule has 53 heavy (non-hydrogen) atoms. The van der Waals surface area contributed by atoms with Gasteiger partial charge in [-0.05, 0) is 23.6 Å². The highest BCUT2D eigenvalue weighted by Crippen LogP contribution is 2.56. The minimum Gasteiger partial charge on any atom is -0.459 e. The number of hydrogen-bond acceptors (Lipinski definition) is 10. The minimum atomic E-state index is -2.88. The molecule has 3 aromatic carbocycles. The third-order valence-electron chi connectivity index (χ3n) is 8.84. The number of rotatable bonds is 16. The van der Waals surface area contributed by atoms with Crippen molar-refractivity contribution in [2.45, 2.75) is 51.8 Å². The predicted octanol–water partition coefficient (Wildman–Crippen LogP) is 7.29. The summed E-state index contributed by atoms with van der Waals surface area (Å²) in [6.45, 7) is 8.60. The van der Waals surface area contributed by atoms with Gasteiger partial charge in [-0.2, -0.15) is 0 Å². The number of carbonyl (C=O) groups excluding carboxylic acids is 4. The SMILES string of the molecule is C=CCOC(=O)C(CO)(OC(=O)CN1C(=O)[C@H](C(OC(=O)OCC)C(Cl)(Cl)Cl)[C@H]1SC(c1ccccc1)(c1ccccc1)c1ccccc1)[Si](C)(C)C. The van der Waals surface area contributed by atoms with Crippen molar-refractivity contribution in [3.63, 3.8) is 0 Å². The van der Waals surface area contributed by atoms with Gasteiger partial charge in [-0.25, -0.2) is 9.59 Å². The van der Waals surface area contributed by atoms with Gasteiger partial charge in [-0.15, -0.1) is 11.8 Å². The molecule has 284 valence electrons. The molecule has 1 aliphatic heterocycles. The zero-order valence-electron chi connectivity index (χ0n) is 29.7. The number of β-lactam (4-membered cyclic amide) rings is 1. The van der Waals surface area contributed by atoms with E-state index in [0.717, 1.165) is 16.7 Å². The minimum absolute atomic E-state index is 0.0434. The summed E-state index contributed by atoms with van der Waals surface area (Å²) in [6.07, 6.45) is -1.46. The molecule has 2 unspecified atom stereocenters. The molecular weight excluding hydrogens is 781 g/mol. The number of thioether (sulfide) groups is 1. The van der Waals surface area contributed by atoms with Crippen LogP contribution in [0.4, 0.5) is 4.79 Å². The summed E-state index contributed by atoms with van der Waals surface area (Å²) in [4.78, 5) is 55.5. The van der Waals surface area contributed by atoms with E-state index in [-0.39, 0.29) is 13.2 Å². The highest BCUT2D eigenvalue weighted by atomic mass is 35.6. The van der Waals surface area contributed by atoms with E-state index in [0.29, 0.717) is 0 Å². The number of aliphatic hydroxyl groups is 1. The lowest BCUT2D eigenvalue weighted by molar-refractivity contribution is -0.181. The summed E-state index contributed by atoms with van der Waals surface area (Å²) >= 11 is 20.6. The van der Waals surface area contributed by atoms with E-state index in [1.165, 1.54) is 22.7 Å². The number of nitrogens with zero attached hydrogens (tertiary/aromatic N) is 1. The molecule has 1 N–H and O–H groups in total. The second-order valence-corrected chi connectivity index (χ2v) is 22.1. The molecule has 1 heterocycles.